The molecule has 0 aromatic rings. The van der Waals surface area contributed by atoms with Gasteiger partial charge in [0.25, 0.3) is 0 Å². The smallest absolute Gasteiger partial charge is 0.462 e. The Morgan fingerprint density at radius 2 is 0.578 bits per heavy atom. The van der Waals surface area contributed by atoms with Gasteiger partial charge < -0.3 is 33.8 Å². The lowest BCUT2D eigenvalue weighted by Gasteiger charge is -2.21. The molecule has 0 aliphatic carbocycles. The molecule has 0 aromatic carbocycles. The van der Waals surface area contributed by atoms with E-state index in [0.29, 0.717) is 37.5 Å². The molecule has 0 bridgehead atoms. The Kier molecular flexibility index (Phi) is 53.0. The van der Waals surface area contributed by atoms with Crippen molar-refractivity contribution in [2.45, 2.75) is 324 Å². The third-order valence-corrected chi connectivity index (χ3v) is 16.8. The Bertz CT molecular complexity index is 1660. The number of phosphoric ester groups is 2. The number of phosphoric acid groups is 2. The average molecular weight is 1230 g/mol. The van der Waals surface area contributed by atoms with Gasteiger partial charge in [-0.1, -0.05) is 254 Å². The number of ether oxygens (including phenoxy) is 4. The molecule has 83 heavy (non-hydrogen) atoms. The predicted molar refractivity (Wildman–Crippen MR) is 331 cm³/mol. The number of hydrogen-bond donors (Lipinski definition) is 3. The van der Waals surface area contributed by atoms with Crippen molar-refractivity contribution in [1.82, 2.24) is 0 Å². The number of rotatable bonds is 61. The quantitative estimate of drug-likeness (QED) is 0.0222. The standard InChI is InChI=1S/C64H124O17P2/c1-9-57(8)43-35-27-20-23-29-37-45-62(67)75-50-59(80-63(68)46-38-30-17-15-13-11-10-12-14-16-24-32-40-54(2)3)52-78-82(70,71)76-48-58(65)49-77-83(72,73)79-53-60(81-64(69)47-39-31-22-19-26-34-42-56(6)7)51-74-61(66)44-36-28-21-18-25-33-41-55(4)5/h54-60,65H,9-53H2,1-8H3,(H,70,71)(H,72,73)/t57?,58-,59+,60+/m0/s1. The zero-order valence-electron chi connectivity index (χ0n) is 53.8. The summed E-state index contributed by atoms with van der Waals surface area (Å²) in [6, 6.07) is 0. The fourth-order valence-electron chi connectivity index (χ4n) is 9.40. The monoisotopic (exact) mass is 1230 g/mol. The topological polar surface area (TPSA) is 237 Å². The second kappa shape index (κ2) is 54.2. The fourth-order valence-corrected chi connectivity index (χ4v) is 11.0. The van der Waals surface area contributed by atoms with Crippen LogP contribution in [0.4, 0.5) is 0 Å². The molecule has 0 aliphatic heterocycles. The van der Waals surface area contributed by atoms with Gasteiger partial charge in [0, 0.05) is 25.7 Å². The van der Waals surface area contributed by atoms with Crippen molar-refractivity contribution in [3.05, 3.63) is 0 Å². The second-order valence-corrected chi connectivity index (χ2v) is 27.7. The van der Waals surface area contributed by atoms with Gasteiger partial charge in [0.05, 0.1) is 26.4 Å². The summed E-state index contributed by atoms with van der Waals surface area (Å²) in [5, 5.41) is 10.5. The van der Waals surface area contributed by atoms with Gasteiger partial charge in [-0.15, -0.1) is 0 Å². The minimum atomic E-state index is -4.95. The van der Waals surface area contributed by atoms with Gasteiger partial charge in [0.15, 0.2) is 12.2 Å². The molecule has 6 atom stereocenters. The number of hydrogen-bond acceptors (Lipinski definition) is 15. The van der Waals surface area contributed by atoms with Crippen LogP contribution in [0.25, 0.3) is 0 Å². The van der Waals surface area contributed by atoms with Crippen LogP contribution in [0.5, 0.6) is 0 Å². The molecule has 0 aliphatic rings. The molecule has 3 unspecified atom stereocenters. The van der Waals surface area contributed by atoms with E-state index in [0.717, 1.165) is 115 Å². The zero-order chi connectivity index (χ0) is 61.8. The van der Waals surface area contributed by atoms with Crippen molar-refractivity contribution < 1.29 is 80.2 Å². The second-order valence-electron chi connectivity index (χ2n) is 24.8. The van der Waals surface area contributed by atoms with Crippen LogP contribution in [0.1, 0.15) is 306 Å². The highest BCUT2D eigenvalue weighted by Crippen LogP contribution is 2.45. The summed E-state index contributed by atoms with van der Waals surface area (Å²) in [5.41, 5.74) is 0. The molecule has 0 amide bonds. The van der Waals surface area contributed by atoms with Crippen LogP contribution in [0.3, 0.4) is 0 Å². The van der Waals surface area contributed by atoms with Crippen molar-refractivity contribution in [1.29, 1.82) is 0 Å². The third-order valence-electron chi connectivity index (χ3n) is 14.9. The molecule has 0 rings (SSSR count). The first-order chi connectivity index (χ1) is 39.6. The Labute approximate surface area is 505 Å². The normalized spacial score (nSPS) is 14.8. The van der Waals surface area contributed by atoms with Crippen LogP contribution in [0.2, 0.25) is 0 Å². The Balaban J connectivity index is 5.23. The van der Waals surface area contributed by atoms with Crippen LogP contribution in [0, 0.1) is 23.7 Å². The molecule has 0 spiro atoms. The molecule has 0 heterocycles. The summed E-state index contributed by atoms with van der Waals surface area (Å²) in [6.45, 7) is 13.9. The molecule has 0 aromatic heterocycles. The van der Waals surface area contributed by atoms with Crippen molar-refractivity contribution >= 4 is 39.5 Å². The van der Waals surface area contributed by atoms with Gasteiger partial charge in [-0.25, -0.2) is 9.13 Å². The van der Waals surface area contributed by atoms with Gasteiger partial charge in [-0.3, -0.25) is 37.3 Å². The largest absolute Gasteiger partial charge is 0.472 e. The fraction of sp³-hybridized carbons (Fsp3) is 0.938. The van der Waals surface area contributed by atoms with E-state index >= 15 is 0 Å². The Morgan fingerprint density at radius 1 is 0.337 bits per heavy atom. The van der Waals surface area contributed by atoms with E-state index in [9.17, 15) is 43.2 Å². The molecule has 3 N–H and O–H groups in total. The summed E-state index contributed by atoms with van der Waals surface area (Å²) < 4.78 is 67.9. The first-order valence-electron chi connectivity index (χ1n) is 33.2. The molecule has 0 fully saturated rings. The zero-order valence-corrected chi connectivity index (χ0v) is 55.6. The lowest BCUT2D eigenvalue weighted by molar-refractivity contribution is -0.161. The van der Waals surface area contributed by atoms with Crippen LogP contribution in [-0.4, -0.2) is 96.7 Å². The molecular weight excluding hydrogens is 1100 g/mol. The van der Waals surface area contributed by atoms with Crippen molar-refractivity contribution in [3.63, 3.8) is 0 Å². The van der Waals surface area contributed by atoms with E-state index in [1.165, 1.54) is 96.3 Å². The highest BCUT2D eigenvalue weighted by atomic mass is 31.2. The van der Waals surface area contributed by atoms with Crippen molar-refractivity contribution in [2.75, 3.05) is 39.6 Å². The van der Waals surface area contributed by atoms with Crippen LogP contribution in [-0.2, 0) is 65.4 Å². The van der Waals surface area contributed by atoms with Gasteiger partial charge in [0.1, 0.15) is 19.3 Å². The number of carbonyl (C=O) groups excluding carboxylic acids is 4. The third kappa shape index (κ3) is 57.6. The number of carbonyl (C=O) groups is 4. The van der Waals surface area contributed by atoms with Gasteiger partial charge >= 0.3 is 39.5 Å². The van der Waals surface area contributed by atoms with E-state index < -0.39 is 97.5 Å². The van der Waals surface area contributed by atoms with E-state index in [-0.39, 0.29) is 25.7 Å². The molecule has 0 saturated heterocycles. The van der Waals surface area contributed by atoms with Crippen molar-refractivity contribution in [2.24, 2.45) is 23.7 Å². The lowest BCUT2D eigenvalue weighted by Crippen LogP contribution is -2.30. The minimum Gasteiger partial charge on any atom is -0.462 e. The average Bonchev–Trinajstić information content (AvgIpc) is 3.48. The number of esters is 4. The van der Waals surface area contributed by atoms with Crippen molar-refractivity contribution in [3.8, 4) is 0 Å². The molecule has 17 nitrogen and oxygen atoms in total. The minimum absolute atomic E-state index is 0.100. The maximum atomic E-state index is 13.0. The summed E-state index contributed by atoms with van der Waals surface area (Å²) in [4.78, 5) is 72.1. The Hall–Kier alpha value is -1.94. The van der Waals surface area contributed by atoms with Crippen LogP contribution in [0.15, 0.2) is 0 Å². The van der Waals surface area contributed by atoms with Crippen LogP contribution >= 0.6 is 15.6 Å². The van der Waals surface area contributed by atoms with Gasteiger partial charge in [0.2, 0.25) is 0 Å². The van der Waals surface area contributed by atoms with E-state index in [1.54, 1.807) is 0 Å². The highest BCUT2D eigenvalue weighted by molar-refractivity contribution is 7.47. The maximum Gasteiger partial charge on any atom is 0.472 e. The molecule has 0 radical (unpaired) electrons. The first kappa shape index (κ1) is 81.1. The number of unbranched alkanes of at least 4 members (excludes halogenated alkanes) is 26. The molecule has 19 heteroatoms. The summed E-state index contributed by atoms with van der Waals surface area (Å²) >= 11 is 0. The number of aliphatic hydroxyl groups excluding tert-OH is 1. The predicted octanol–water partition coefficient (Wildman–Crippen LogP) is 17.4. The van der Waals surface area contributed by atoms with E-state index in [2.05, 4.69) is 55.4 Å². The molecule has 492 valence electrons. The summed E-state index contributed by atoms with van der Waals surface area (Å²) in [5.74, 6) is 0.712. The van der Waals surface area contributed by atoms with Gasteiger partial charge in [-0.2, -0.15) is 0 Å². The molecule has 0 saturated carbocycles. The summed E-state index contributed by atoms with van der Waals surface area (Å²) in [7, 11) is -9.89. The van der Waals surface area contributed by atoms with E-state index in [4.69, 9.17) is 37.0 Å². The Morgan fingerprint density at radius 3 is 0.855 bits per heavy atom. The first-order valence-corrected chi connectivity index (χ1v) is 36.2. The molecular formula is C64H124O17P2. The van der Waals surface area contributed by atoms with E-state index in [1.807, 2.05) is 0 Å². The lowest BCUT2D eigenvalue weighted by atomic mass is 10.00. The summed E-state index contributed by atoms with van der Waals surface area (Å²) in [6.07, 6.45) is 33.8. The van der Waals surface area contributed by atoms with Gasteiger partial charge in [-0.05, 0) is 49.4 Å². The maximum absolute atomic E-state index is 13.0. The highest BCUT2D eigenvalue weighted by Gasteiger charge is 2.30. The number of aliphatic hydroxyl groups is 1. The SMILES string of the molecule is CCC(C)CCCCCCCCC(=O)OC[C@H](COP(=O)(O)OC[C@H](O)COP(=O)(O)OC[C@@H](COC(=O)CCCCCCCCC(C)C)OC(=O)CCCCCCCCC(C)C)OC(=O)CCCCCCCCCCCCCCC(C)C. The van der Waals surface area contributed by atoms with Crippen LogP contribution < -0.4 is 0 Å².